The minimum Gasteiger partial charge on any atom is -0.508 e. The van der Waals surface area contributed by atoms with Crippen LogP contribution in [0.5, 0.6) is 11.5 Å². The zero-order chi connectivity index (χ0) is 15.5. The van der Waals surface area contributed by atoms with Crippen LogP contribution in [0.4, 0.5) is 0 Å². The van der Waals surface area contributed by atoms with Gasteiger partial charge in [0.15, 0.2) is 11.5 Å². The van der Waals surface area contributed by atoms with Crippen molar-refractivity contribution < 1.29 is 24.5 Å². The van der Waals surface area contributed by atoms with Crippen molar-refractivity contribution in [3.8, 4) is 11.5 Å². The average Bonchev–Trinajstić information content (AvgIpc) is 2.37. The minimum atomic E-state index is -0.785. The zero-order valence-electron chi connectivity index (χ0n) is 11.4. The normalized spacial score (nSPS) is 23.5. The molecule has 1 aliphatic heterocycles. The van der Waals surface area contributed by atoms with Gasteiger partial charge in [-0.1, -0.05) is 0 Å². The van der Waals surface area contributed by atoms with Gasteiger partial charge >= 0.3 is 0 Å². The molecular formula is C15H13ClO5. The highest BCUT2D eigenvalue weighted by Crippen LogP contribution is 2.43. The number of hydrogen-bond donors (Lipinski definition) is 2. The molecule has 21 heavy (non-hydrogen) atoms. The fourth-order valence-electron chi connectivity index (χ4n) is 2.59. The quantitative estimate of drug-likeness (QED) is 0.720. The second-order valence-electron chi connectivity index (χ2n) is 5.73. The Morgan fingerprint density at radius 2 is 1.90 bits per heavy atom. The Morgan fingerprint density at radius 3 is 2.57 bits per heavy atom. The van der Waals surface area contributed by atoms with E-state index in [2.05, 4.69) is 0 Å². The summed E-state index contributed by atoms with van der Waals surface area (Å²) in [4.78, 5) is 25.0. The highest BCUT2D eigenvalue weighted by Gasteiger charge is 2.45. The van der Waals surface area contributed by atoms with E-state index in [0.29, 0.717) is 0 Å². The average molecular weight is 309 g/mol. The van der Waals surface area contributed by atoms with Crippen LogP contribution in [0.3, 0.4) is 0 Å². The third-order valence-electron chi connectivity index (χ3n) is 3.83. The summed E-state index contributed by atoms with van der Waals surface area (Å²) in [6.07, 6.45) is 0.189. The number of halogens is 1. The van der Waals surface area contributed by atoms with Crippen LogP contribution in [-0.2, 0) is 4.74 Å². The van der Waals surface area contributed by atoms with Crippen LogP contribution in [-0.4, -0.2) is 32.8 Å². The van der Waals surface area contributed by atoms with Crippen LogP contribution >= 0.6 is 11.6 Å². The molecule has 1 aromatic rings. The third kappa shape index (κ3) is 1.92. The van der Waals surface area contributed by atoms with Crippen molar-refractivity contribution in [1.29, 1.82) is 0 Å². The number of ether oxygens (including phenoxy) is 1. The molecule has 2 aliphatic rings. The van der Waals surface area contributed by atoms with E-state index in [4.69, 9.17) is 16.3 Å². The molecule has 1 heterocycles. The number of phenolic OH excluding ortho intramolecular Hbond substituents is 2. The summed E-state index contributed by atoms with van der Waals surface area (Å²) < 4.78 is 5.62. The molecule has 5 nitrogen and oxygen atoms in total. The number of Topliss-reactive ketones (excluding diaryl/α,β-unsaturated/α-hetero) is 2. The van der Waals surface area contributed by atoms with Crippen LogP contribution in [0.25, 0.3) is 0 Å². The lowest BCUT2D eigenvalue weighted by atomic mass is 9.81. The highest BCUT2D eigenvalue weighted by molar-refractivity contribution is 6.29. The standard InChI is InChI=1S/C15H13ClO5/c1-15(2)10(16)5-8-12(19)11-7(13(20)14(8)21-15)3-6(17)4-9(11)18/h3-4,10,17-18H,5H2,1-2H3/t10-/m1/s1. The summed E-state index contributed by atoms with van der Waals surface area (Å²) in [6.45, 7) is 3.48. The highest BCUT2D eigenvalue weighted by atomic mass is 35.5. The summed E-state index contributed by atoms with van der Waals surface area (Å²) in [6, 6.07) is 2.18. The number of fused-ring (bicyclic) bond motifs is 1. The van der Waals surface area contributed by atoms with Crippen molar-refractivity contribution in [2.24, 2.45) is 0 Å². The monoisotopic (exact) mass is 308 g/mol. The topological polar surface area (TPSA) is 83.8 Å². The Bertz CT molecular complexity index is 717. The fourth-order valence-corrected chi connectivity index (χ4v) is 2.79. The van der Waals surface area contributed by atoms with Gasteiger partial charge in [-0.2, -0.15) is 0 Å². The lowest BCUT2D eigenvalue weighted by molar-refractivity contribution is 0.0133. The Balaban J connectivity index is 2.21. The van der Waals surface area contributed by atoms with Gasteiger partial charge < -0.3 is 14.9 Å². The molecule has 0 fully saturated rings. The predicted molar refractivity (Wildman–Crippen MR) is 74.9 cm³/mol. The number of benzene rings is 1. The summed E-state index contributed by atoms with van der Waals surface area (Å²) in [5.41, 5.74) is -0.774. The first-order chi connectivity index (χ1) is 9.72. The van der Waals surface area contributed by atoms with E-state index in [0.717, 1.165) is 12.1 Å². The Labute approximate surface area is 125 Å². The molecule has 1 atom stereocenters. The fraction of sp³-hybridized carbons (Fsp3) is 0.333. The van der Waals surface area contributed by atoms with Crippen molar-refractivity contribution in [2.75, 3.05) is 0 Å². The molecule has 0 aromatic heterocycles. The molecule has 110 valence electrons. The molecule has 1 aromatic carbocycles. The van der Waals surface area contributed by atoms with E-state index in [1.165, 1.54) is 0 Å². The first-order valence-electron chi connectivity index (χ1n) is 6.44. The first kappa shape index (κ1) is 13.9. The van der Waals surface area contributed by atoms with Crippen LogP contribution < -0.4 is 0 Å². The van der Waals surface area contributed by atoms with Gasteiger partial charge in [0, 0.05) is 23.6 Å². The van der Waals surface area contributed by atoms with E-state index in [9.17, 15) is 19.8 Å². The van der Waals surface area contributed by atoms with Crippen LogP contribution in [0.15, 0.2) is 23.5 Å². The maximum absolute atomic E-state index is 12.5. The number of carbonyl (C=O) groups is 2. The molecule has 6 heteroatoms. The number of rotatable bonds is 0. The molecule has 3 rings (SSSR count). The smallest absolute Gasteiger partial charge is 0.229 e. The van der Waals surface area contributed by atoms with Crippen molar-refractivity contribution >= 4 is 23.2 Å². The number of hydrogen-bond acceptors (Lipinski definition) is 5. The van der Waals surface area contributed by atoms with Crippen molar-refractivity contribution in [2.45, 2.75) is 31.2 Å². The van der Waals surface area contributed by atoms with Gasteiger partial charge in [0.05, 0.1) is 10.9 Å². The maximum atomic E-state index is 12.5. The van der Waals surface area contributed by atoms with Crippen LogP contribution in [0.1, 0.15) is 41.0 Å². The van der Waals surface area contributed by atoms with E-state index in [1.54, 1.807) is 13.8 Å². The largest absolute Gasteiger partial charge is 0.508 e. The van der Waals surface area contributed by atoms with Gasteiger partial charge in [-0.15, -0.1) is 11.6 Å². The molecular weight excluding hydrogens is 296 g/mol. The van der Waals surface area contributed by atoms with Crippen molar-refractivity contribution in [3.63, 3.8) is 0 Å². The van der Waals surface area contributed by atoms with Gasteiger partial charge in [0.25, 0.3) is 0 Å². The van der Waals surface area contributed by atoms with Gasteiger partial charge in [-0.3, -0.25) is 9.59 Å². The molecule has 0 radical (unpaired) electrons. The van der Waals surface area contributed by atoms with E-state index < -0.39 is 28.3 Å². The molecule has 0 spiro atoms. The number of alkyl halides is 1. The molecule has 0 bridgehead atoms. The van der Waals surface area contributed by atoms with Crippen molar-refractivity contribution in [1.82, 2.24) is 0 Å². The van der Waals surface area contributed by atoms with Gasteiger partial charge in [0.1, 0.15) is 17.1 Å². The molecule has 1 aliphatic carbocycles. The SMILES string of the molecule is CC1(C)OC2=C(C[C@H]1Cl)C(=O)c1c(O)cc(O)cc1C2=O. The second-order valence-corrected chi connectivity index (χ2v) is 6.26. The summed E-state index contributed by atoms with van der Waals surface area (Å²) >= 11 is 6.21. The lowest BCUT2D eigenvalue weighted by Crippen LogP contribution is -2.43. The number of phenols is 2. The van der Waals surface area contributed by atoms with E-state index in [-0.39, 0.29) is 34.6 Å². The Morgan fingerprint density at radius 1 is 1.24 bits per heavy atom. The summed E-state index contributed by atoms with van der Waals surface area (Å²) in [5, 5.41) is 18.9. The Kier molecular flexibility index (Phi) is 2.82. The van der Waals surface area contributed by atoms with Crippen molar-refractivity contribution in [3.05, 3.63) is 34.6 Å². The summed E-state index contributed by atoms with van der Waals surface area (Å²) in [5.74, 6) is -1.77. The molecule has 0 unspecified atom stereocenters. The zero-order valence-corrected chi connectivity index (χ0v) is 12.2. The molecule has 2 N–H and O–H groups in total. The van der Waals surface area contributed by atoms with Gasteiger partial charge in [-0.05, 0) is 19.9 Å². The molecule has 0 saturated heterocycles. The lowest BCUT2D eigenvalue weighted by Gasteiger charge is -2.38. The van der Waals surface area contributed by atoms with Crippen LogP contribution in [0.2, 0.25) is 0 Å². The number of allylic oxidation sites excluding steroid dienone is 2. The van der Waals surface area contributed by atoms with Gasteiger partial charge in [0.2, 0.25) is 5.78 Å². The minimum absolute atomic E-state index is 0.0422. The second kappa shape index (κ2) is 4.24. The number of aromatic hydroxyl groups is 2. The maximum Gasteiger partial charge on any atom is 0.229 e. The van der Waals surface area contributed by atoms with Crippen LogP contribution in [0, 0.1) is 0 Å². The Hall–Kier alpha value is -2.01. The molecule has 0 saturated carbocycles. The molecule has 0 amide bonds. The third-order valence-corrected chi connectivity index (χ3v) is 4.51. The number of carbonyl (C=O) groups excluding carboxylic acids is 2. The summed E-state index contributed by atoms with van der Waals surface area (Å²) in [7, 11) is 0. The predicted octanol–water partition coefficient (Wildman–Crippen LogP) is 2.54. The van der Waals surface area contributed by atoms with E-state index >= 15 is 0 Å². The van der Waals surface area contributed by atoms with Gasteiger partial charge in [-0.25, -0.2) is 0 Å². The van der Waals surface area contributed by atoms with E-state index in [1.807, 2.05) is 0 Å². The first-order valence-corrected chi connectivity index (χ1v) is 6.87. The number of ketones is 2.